The molecule has 3 N–H and O–H groups in total. The summed E-state index contributed by atoms with van der Waals surface area (Å²) in [6.45, 7) is 0. The molecule has 16 heavy (non-hydrogen) atoms. The lowest BCUT2D eigenvalue weighted by Crippen LogP contribution is -2.14. The molecule has 0 saturated heterocycles. The van der Waals surface area contributed by atoms with Crippen molar-refractivity contribution >= 4 is 22.6 Å². The summed E-state index contributed by atoms with van der Waals surface area (Å²) in [4.78, 5) is 7.93. The van der Waals surface area contributed by atoms with Crippen LogP contribution in [0.4, 0.5) is 0 Å². The number of nitrogens with one attached hydrogen (secondary N) is 1. The standard InChI is InChI=1S/C12H14ClN3/c13-9-2-1-3-10-11(9)16-12(15-10)7-4-5-8(14)6-7/h1-3,7-8H,4-6,14H2,(H,15,16). The highest BCUT2D eigenvalue weighted by Gasteiger charge is 2.25. The van der Waals surface area contributed by atoms with Crippen molar-refractivity contribution in [2.45, 2.75) is 31.2 Å². The van der Waals surface area contributed by atoms with E-state index in [2.05, 4.69) is 9.97 Å². The van der Waals surface area contributed by atoms with Crippen LogP contribution in [-0.4, -0.2) is 16.0 Å². The van der Waals surface area contributed by atoms with Crippen molar-refractivity contribution in [2.75, 3.05) is 0 Å². The van der Waals surface area contributed by atoms with Gasteiger partial charge < -0.3 is 10.7 Å². The molecule has 0 amide bonds. The number of aromatic amines is 1. The van der Waals surface area contributed by atoms with Gasteiger partial charge in [-0.15, -0.1) is 0 Å². The molecule has 3 rings (SSSR count). The number of halogens is 1. The summed E-state index contributed by atoms with van der Waals surface area (Å²) in [5, 5.41) is 0.710. The third-order valence-corrected chi connectivity index (χ3v) is 3.65. The highest BCUT2D eigenvalue weighted by atomic mass is 35.5. The number of rotatable bonds is 1. The summed E-state index contributed by atoms with van der Waals surface area (Å²) >= 11 is 6.10. The molecule has 1 aliphatic carbocycles. The van der Waals surface area contributed by atoms with Gasteiger partial charge in [0.05, 0.1) is 10.5 Å². The number of hydrogen-bond donors (Lipinski definition) is 2. The van der Waals surface area contributed by atoms with Gasteiger partial charge in [-0.2, -0.15) is 0 Å². The summed E-state index contributed by atoms with van der Waals surface area (Å²) in [5.74, 6) is 1.51. The Morgan fingerprint density at radius 1 is 1.38 bits per heavy atom. The van der Waals surface area contributed by atoms with E-state index < -0.39 is 0 Å². The summed E-state index contributed by atoms with van der Waals surface area (Å²) in [6.07, 6.45) is 3.24. The molecule has 84 valence electrons. The quantitative estimate of drug-likeness (QED) is 0.799. The molecule has 0 radical (unpaired) electrons. The first-order chi connectivity index (χ1) is 7.74. The summed E-state index contributed by atoms with van der Waals surface area (Å²) in [7, 11) is 0. The zero-order valence-corrected chi connectivity index (χ0v) is 9.67. The van der Waals surface area contributed by atoms with E-state index >= 15 is 0 Å². The third kappa shape index (κ3) is 1.60. The van der Waals surface area contributed by atoms with E-state index in [9.17, 15) is 0 Å². The van der Waals surface area contributed by atoms with E-state index in [1.54, 1.807) is 0 Å². The highest BCUT2D eigenvalue weighted by Crippen LogP contribution is 2.33. The van der Waals surface area contributed by atoms with Gasteiger partial charge in [-0.05, 0) is 31.4 Å². The lowest BCUT2D eigenvalue weighted by atomic mass is 10.1. The van der Waals surface area contributed by atoms with Crippen molar-refractivity contribution in [1.82, 2.24) is 9.97 Å². The molecule has 3 nitrogen and oxygen atoms in total. The summed E-state index contributed by atoms with van der Waals surface area (Å²) in [5.41, 5.74) is 7.81. The number of imidazole rings is 1. The van der Waals surface area contributed by atoms with Crippen molar-refractivity contribution in [3.63, 3.8) is 0 Å². The molecule has 0 bridgehead atoms. The first-order valence-corrected chi connectivity index (χ1v) is 6.01. The number of fused-ring (bicyclic) bond motifs is 1. The SMILES string of the molecule is NC1CCC(c2nc3c(Cl)cccc3[nH]2)C1. The fraction of sp³-hybridized carbons (Fsp3) is 0.417. The first kappa shape index (κ1) is 10.1. The van der Waals surface area contributed by atoms with Gasteiger partial charge in [0, 0.05) is 12.0 Å². The molecular weight excluding hydrogens is 222 g/mol. The molecule has 1 aromatic carbocycles. The van der Waals surface area contributed by atoms with Gasteiger partial charge in [0.15, 0.2) is 0 Å². The van der Waals surface area contributed by atoms with Crippen LogP contribution in [0.3, 0.4) is 0 Å². The molecule has 1 aliphatic rings. The normalized spacial score (nSPS) is 25.4. The van der Waals surface area contributed by atoms with Crippen molar-refractivity contribution in [3.8, 4) is 0 Å². The smallest absolute Gasteiger partial charge is 0.110 e. The second kappa shape index (κ2) is 3.75. The van der Waals surface area contributed by atoms with Gasteiger partial charge in [-0.1, -0.05) is 17.7 Å². The topological polar surface area (TPSA) is 54.7 Å². The fourth-order valence-corrected chi connectivity index (χ4v) is 2.69. The van der Waals surface area contributed by atoms with Crippen LogP contribution in [0.5, 0.6) is 0 Å². The van der Waals surface area contributed by atoms with Gasteiger partial charge in [0.2, 0.25) is 0 Å². The minimum Gasteiger partial charge on any atom is -0.342 e. The monoisotopic (exact) mass is 235 g/mol. The zero-order chi connectivity index (χ0) is 11.1. The largest absolute Gasteiger partial charge is 0.342 e. The molecule has 2 unspecified atom stereocenters. The van der Waals surface area contributed by atoms with Crippen LogP contribution < -0.4 is 5.73 Å². The molecule has 4 heteroatoms. The summed E-state index contributed by atoms with van der Waals surface area (Å²) in [6, 6.07) is 6.14. The molecule has 1 fully saturated rings. The average Bonchev–Trinajstić information content (AvgIpc) is 2.84. The molecule has 1 saturated carbocycles. The van der Waals surface area contributed by atoms with Crippen LogP contribution in [0.1, 0.15) is 31.0 Å². The Bertz CT molecular complexity index is 520. The van der Waals surface area contributed by atoms with Crippen molar-refractivity contribution in [3.05, 3.63) is 29.0 Å². The van der Waals surface area contributed by atoms with Gasteiger partial charge >= 0.3 is 0 Å². The molecule has 1 heterocycles. The molecular formula is C12H14ClN3. The number of aromatic nitrogens is 2. The maximum atomic E-state index is 6.10. The van der Waals surface area contributed by atoms with E-state index in [4.69, 9.17) is 17.3 Å². The maximum absolute atomic E-state index is 6.10. The third-order valence-electron chi connectivity index (χ3n) is 3.34. The van der Waals surface area contributed by atoms with E-state index in [0.29, 0.717) is 17.0 Å². The highest BCUT2D eigenvalue weighted by molar-refractivity contribution is 6.34. The number of H-pyrrole nitrogens is 1. The van der Waals surface area contributed by atoms with Crippen LogP contribution >= 0.6 is 11.6 Å². The Morgan fingerprint density at radius 2 is 2.25 bits per heavy atom. The van der Waals surface area contributed by atoms with E-state index in [1.807, 2.05) is 18.2 Å². The molecule has 2 atom stereocenters. The molecule has 2 aromatic rings. The van der Waals surface area contributed by atoms with Crippen molar-refractivity contribution in [1.29, 1.82) is 0 Å². The molecule has 0 aliphatic heterocycles. The van der Waals surface area contributed by atoms with Crippen molar-refractivity contribution < 1.29 is 0 Å². The second-order valence-corrected chi connectivity index (χ2v) is 4.94. The van der Waals surface area contributed by atoms with Crippen molar-refractivity contribution in [2.24, 2.45) is 5.73 Å². The minimum absolute atomic E-state index is 0.327. The van der Waals surface area contributed by atoms with Gasteiger partial charge in [-0.3, -0.25) is 0 Å². The lowest BCUT2D eigenvalue weighted by molar-refractivity contribution is 0.651. The zero-order valence-electron chi connectivity index (χ0n) is 8.91. The van der Waals surface area contributed by atoms with Crippen LogP contribution in [0.15, 0.2) is 18.2 Å². The number of benzene rings is 1. The number of hydrogen-bond acceptors (Lipinski definition) is 2. The van der Waals surface area contributed by atoms with Gasteiger partial charge in [0.1, 0.15) is 11.3 Å². The van der Waals surface area contributed by atoms with Crippen LogP contribution in [0, 0.1) is 0 Å². The van der Waals surface area contributed by atoms with Gasteiger partial charge in [0.25, 0.3) is 0 Å². The maximum Gasteiger partial charge on any atom is 0.110 e. The van der Waals surface area contributed by atoms with E-state index in [-0.39, 0.29) is 0 Å². The van der Waals surface area contributed by atoms with E-state index in [0.717, 1.165) is 36.1 Å². The number of nitrogens with two attached hydrogens (primary N) is 1. The van der Waals surface area contributed by atoms with E-state index in [1.165, 1.54) is 0 Å². The number of nitrogens with zero attached hydrogens (tertiary/aromatic N) is 1. The van der Waals surface area contributed by atoms with Crippen LogP contribution in [-0.2, 0) is 0 Å². The summed E-state index contributed by atoms with van der Waals surface area (Å²) < 4.78 is 0. The predicted molar refractivity (Wildman–Crippen MR) is 65.7 cm³/mol. The Kier molecular flexibility index (Phi) is 2.37. The first-order valence-electron chi connectivity index (χ1n) is 5.64. The fourth-order valence-electron chi connectivity index (χ4n) is 2.47. The Hall–Kier alpha value is -1.06. The second-order valence-electron chi connectivity index (χ2n) is 4.53. The average molecular weight is 236 g/mol. The number of para-hydroxylation sites is 1. The minimum atomic E-state index is 0.327. The van der Waals surface area contributed by atoms with Gasteiger partial charge in [-0.25, -0.2) is 4.98 Å². The lowest BCUT2D eigenvalue weighted by Gasteiger charge is -2.04. The molecule has 1 aromatic heterocycles. The predicted octanol–water partition coefficient (Wildman–Crippen LogP) is 2.81. The Balaban J connectivity index is 2.02. The Morgan fingerprint density at radius 3 is 2.94 bits per heavy atom. The van der Waals surface area contributed by atoms with Crippen LogP contribution in [0.25, 0.3) is 11.0 Å². The van der Waals surface area contributed by atoms with Crippen LogP contribution in [0.2, 0.25) is 5.02 Å². The Labute approximate surface area is 99.0 Å². The molecule has 0 spiro atoms.